The van der Waals surface area contributed by atoms with Crippen LogP contribution in [0.1, 0.15) is 5.56 Å². The summed E-state index contributed by atoms with van der Waals surface area (Å²) in [7, 11) is 13.8. The Morgan fingerprint density at radius 1 is 0.885 bits per heavy atom. The summed E-state index contributed by atoms with van der Waals surface area (Å²) >= 11 is 1.74. The molecule has 0 amide bonds. The minimum Gasteiger partial charge on any atom is 0 e. The van der Waals surface area contributed by atoms with Crippen molar-refractivity contribution in [1.29, 1.82) is 0 Å². The molecule has 0 aromatic heterocycles. The number of benzene rings is 1. The van der Waals surface area contributed by atoms with Gasteiger partial charge in [0.1, 0.15) is 0 Å². The molecule has 0 unspecified atom stereocenters. The first kappa shape index (κ1) is 27.3. The van der Waals surface area contributed by atoms with E-state index < -0.39 is 0 Å². The number of nitrogens with zero attached hydrogens (tertiary/aromatic N) is 1. The van der Waals surface area contributed by atoms with Gasteiger partial charge in [-0.15, -0.1) is 11.8 Å². The van der Waals surface area contributed by atoms with E-state index in [0.29, 0.717) is 0 Å². The summed E-state index contributed by atoms with van der Waals surface area (Å²) in [5.41, 5.74) is 1.31. The second kappa shape index (κ2) is 17.2. The van der Waals surface area contributed by atoms with E-state index in [9.17, 15) is 0 Å². The zero-order chi connectivity index (χ0) is 18.5. The third kappa shape index (κ3) is 12.7. The van der Waals surface area contributed by atoms with Crippen LogP contribution in [0.5, 0.6) is 0 Å². The quantitative estimate of drug-likeness (QED) is 0.444. The van der Waals surface area contributed by atoms with Crippen LogP contribution in [0, 0.1) is 69.5 Å². The molecule has 6 heteroatoms. The average Bonchev–Trinajstić information content (AvgIpc) is 3.26. The van der Waals surface area contributed by atoms with E-state index in [2.05, 4.69) is 69.4 Å². The van der Waals surface area contributed by atoms with Gasteiger partial charge in [0, 0.05) is 39.7 Å². The van der Waals surface area contributed by atoms with E-state index in [-0.39, 0.29) is 33.0 Å². The Hall–Kier alpha value is 1.29. The molecule has 1 aromatic rings. The first-order chi connectivity index (χ1) is 12.1. The summed E-state index contributed by atoms with van der Waals surface area (Å²) in [6, 6.07) is 8.70. The summed E-state index contributed by atoms with van der Waals surface area (Å²) < 4.78 is 0. The third-order valence-corrected chi connectivity index (χ3v) is 4.28. The van der Waals surface area contributed by atoms with E-state index in [1.54, 1.807) is 0 Å². The molecule has 0 saturated heterocycles. The van der Waals surface area contributed by atoms with Gasteiger partial charge in [-0.1, -0.05) is 17.7 Å². The fraction of sp³-hybridized carbons (Fsp3) is 0.200. The van der Waals surface area contributed by atoms with Gasteiger partial charge in [0.2, 0.25) is 0 Å². The Kier molecular flexibility index (Phi) is 18.0. The molecule has 10 radical (unpaired) electrons. The molecule has 3 rings (SSSR count). The van der Waals surface area contributed by atoms with Crippen LogP contribution in [0.2, 0.25) is 0 Å². The molecule has 0 spiro atoms. The van der Waals surface area contributed by atoms with Crippen molar-refractivity contribution in [2.45, 2.75) is 11.8 Å². The van der Waals surface area contributed by atoms with Crippen LogP contribution in [-0.2, 0) is 33.0 Å². The van der Waals surface area contributed by atoms with Gasteiger partial charge in [-0.25, -0.2) is 0 Å². The van der Waals surface area contributed by atoms with Gasteiger partial charge >= 0.3 is 35.0 Å². The smallest absolute Gasteiger partial charge is 0 e. The minimum atomic E-state index is -0.106. The fourth-order valence-electron chi connectivity index (χ4n) is 2.07. The second-order valence-corrected chi connectivity index (χ2v) is 9.05. The van der Waals surface area contributed by atoms with Crippen molar-refractivity contribution in [1.82, 2.24) is 4.90 Å². The van der Waals surface area contributed by atoms with Gasteiger partial charge < -0.3 is 4.90 Å². The third-order valence-electron chi connectivity index (χ3n) is 3.15. The fourth-order valence-corrected chi connectivity index (χ4v) is 3.00. The maximum atomic E-state index is 4.81. The maximum absolute atomic E-state index is 4.81. The molecule has 2 saturated carbocycles. The monoisotopic (exact) mass is 541 g/mol. The standard InChI is InChI=1S/C15H18NS.C5H5.2ClH.Fe.Pd/c1-12-7-9-14(10-8-12)17-15-6-4-5-13(15)11-16(2)3;1-2-4-5-3-1;;;;/h4-10H,11H2,1-3H3;1-5H;2*1H;;/q;;;;;+2/p-2. The van der Waals surface area contributed by atoms with Gasteiger partial charge in [-0.3, -0.25) is 0 Å². The Labute approximate surface area is 192 Å². The van der Waals surface area contributed by atoms with E-state index >= 15 is 0 Å². The molecule has 0 bridgehead atoms. The summed E-state index contributed by atoms with van der Waals surface area (Å²) in [5.74, 6) is 1.40. The van der Waals surface area contributed by atoms with Crippen molar-refractivity contribution in [3.8, 4) is 0 Å². The van der Waals surface area contributed by atoms with Crippen molar-refractivity contribution in [3.05, 3.63) is 92.4 Å². The number of aryl methyl sites for hydroxylation is 1. The summed E-state index contributed by atoms with van der Waals surface area (Å²) in [4.78, 5) is 3.51. The predicted molar refractivity (Wildman–Crippen MR) is 108 cm³/mol. The largest absolute Gasteiger partial charge is 0 e. The van der Waals surface area contributed by atoms with Crippen LogP contribution in [-0.4, -0.2) is 25.5 Å². The first-order valence-electron chi connectivity index (χ1n) is 7.69. The predicted octanol–water partition coefficient (Wildman–Crippen LogP) is 5.78. The molecule has 0 aliphatic heterocycles. The Morgan fingerprint density at radius 2 is 1.38 bits per heavy atom. The van der Waals surface area contributed by atoms with Crippen LogP contribution in [0.3, 0.4) is 0 Å². The molecule has 2 aliphatic carbocycles. The van der Waals surface area contributed by atoms with E-state index in [1.165, 1.54) is 21.6 Å². The number of hydrogen-bond acceptors (Lipinski definition) is 2. The molecule has 146 valence electrons. The maximum Gasteiger partial charge on any atom is 0 e. The SMILES string of the molecule is Cc1ccc(S[C]2[CH][CH][CH][C]2CN(C)C)cc1.[CH]1[CH][CH][CH][CH]1.[Cl][Pd][Cl].[Fe]. The van der Waals surface area contributed by atoms with Crippen LogP contribution < -0.4 is 0 Å². The summed E-state index contributed by atoms with van der Waals surface area (Å²) in [6.45, 7) is 3.12. The summed E-state index contributed by atoms with van der Waals surface area (Å²) in [6.07, 6.45) is 16.5. The molecular formula is C20H23Cl2FeNPdS. The molecule has 2 fully saturated rings. The zero-order valence-electron chi connectivity index (χ0n) is 14.9. The van der Waals surface area contributed by atoms with Crippen molar-refractivity contribution >= 4 is 30.8 Å². The molecule has 2 aliphatic rings. The van der Waals surface area contributed by atoms with Crippen molar-refractivity contribution in [2.24, 2.45) is 0 Å². The van der Waals surface area contributed by atoms with E-state index in [1.807, 2.05) is 43.9 Å². The topological polar surface area (TPSA) is 3.24 Å². The molecule has 1 aromatic carbocycles. The molecule has 0 atom stereocenters. The number of halogens is 2. The number of rotatable bonds is 4. The summed E-state index contributed by atoms with van der Waals surface area (Å²) in [5, 5.41) is 1.36. The Morgan fingerprint density at radius 3 is 1.85 bits per heavy atom. The van der Waals surface area contributed by atoms with E-state index in [4.69, 9.17) is 19.1 Å². The molecule has 26 heavy (non-hydrogen) atoms. The van der Waals surface area contributed by atoms with Gasteiger partial charge in [0.25, 0.3) is 0 Å². The normalized spacial score (nSPS) is 17.3. The molecular weight excluding hydrogens is 519 g/mol. The van der Waals surface area contributed by atoms with Crippen LogP contribution in [0.4, 0.5) is 0 Å². The average molecular weight is 543 g/mol. The number of thioether (sulfide) groups is 1. The molecule has 1 nitrogen and oxygen atoms in total. The van der Waals surface area contributed by atoms with Gasteiger partial charge in [-0.05, 0) is 84.5 Å². The first-order valence-corrected chi connectivity index (χ1v) is 12.5. The zero-order valence-corrected chi connectivity index (χ0v) is 19.9. The van der Waals surface area contributed by atoms with Crippen LogP contribution in [0.25, 0.3) is 0 Å². The van der Waals surface area contributed by atoms with Crippen molar-refractivity contribution in [2.75, 3.05) is 20.6 Å². The Balaban J connectivity index is 0.000000581. The second-order valence-electron chi connectivity index (χ2n) is 5.58. The van der Waals surface area contributed by atoms with Crippen LogP contribution in [0.15, 0.2) is 29.2 Å². The Bertz CT molecular complexity index is 436. The number of hydrogen-bond donors (Lipinski definition) is 0. The minimum absolute atomic E-state index is 0. The van der Waals surface area contributed by atoms with Crippen LogP contribution >= 0.6 is 30.8 Å². The van der Waals surface area contributed by atoms with Gasteiger partial charge in [0.05, 0.1) is 0 Å². The van der Waals surface area contributed by atoms with Gasteiger partial charge in [-0.2, -0.15) is 0 Å². The van der Waals surface area contributed by atoms with Crippen molar-refractivity contribution < 1.29 is 33.0 Å². The van der Waals surface area contributed by atoms with Gasteiger partial charge in [0.15, 0.2) is 0 Å². The van der Waals surface area contributed by atoms with E-state index in [0.717, 1.165) is 6.54 Å². The molecule has 0 N–H and O–H groups in total. The van der Waals surface area contributed by atoms with Crippen molar-refractivity contribution in [3.63, 3.8) is 0 Å². The molecule has 0 heterocycles.